The van der Waals surface area contributed by atoms with Crippen molar-refractivity contribution in [2.45, 2.75) is 25.8 Å². The van der Waals surface area contributed by atoms with E-state index in [2.05, 4.69) is 15.5 Å². The standard InChI is InChI=1S/C14H15N5O/c1-14(2,7-12(16)20)17-13-9-5-3-4-6-10(9)18-19-11(13)8-15/h3-6H,7H2,1-2H3,(H2,16,20)(H,17,18). The van der Waals surface area contributed by atoms with Gasteiger partial charge in [-0.2, -0.15) is 5.26 Å². The van der Waals surface area contributed by atoms with E-state index in [0.717, 1.165) is 5.39 Å². The summed E-state index contributed by atoms with van der Waals surface area (Å²) in [5.41, 5.74) is 6.12. The first kappa shape index (κ1) is 13.7. The maximum atomic E-state index is 11.1. The van der Waals surface area contributed by atoms with E-state index in [0.29, 0.717) is 11.2 Å². The van der Waals surface area contributed by atoms with E-state index < -0.39 is 11.4 Å². The number of fused-ring (bicyclic) bond motifs is 1. The van der Waals surface area contributed by atoms with E-state index >= 15 is 0 Å². The number of carbonyl (C=O) groups is 1. The zero-order chi connectivity index (χ0) is 14.8. The van der Waals surface area contributed by atoms with Crippen molar-refractivity contribution in [2.24, 2.45) is 5.73 Å². The number of nitrogens with one attached hydrogen (secondary N) is 1. The largest absolute Gasteiger partial charge is 0.377 e. The Bertz CT molecular complexity index is 702. The molecule has 0 atom stereocenters. The van der Waals surface area contributed by atoms with E-state index in [-0.39, 0.29) is 12.1 Å². The van der Waals surface area contributed by atoms with Crippen LogP contribution in [0.3, 0.4) is 0 Å². The van der Waals surface area contributed by atoms with Crippen LogP contribution in [0.15, 0.2) is 24.3 Å². The third-order valence-corrected chi connectivity index (χ3v) is 2.85. The number of primary amides is 1. The van der Waals surface area contributed by atoms with Gasteiger partial charge < -0.3 is 11.1 Å². The van der Waals surface area contributed by atoms with E-state index in [1.165, 1.54) is 0 Å². The number of hydrogen-bond donors (Lipinski definition) is 2. The highest BCUT2D eigenvalue weighted by Gasteiger charge is 2.23. The van der Waals surface area contributed by atoms with Crippen molar-refractivity contribution < 1.29 is 4.79 Å². The second kappa shape index (κ2) is 5.13. The predicted molar refractivity (Wildman–Crippen MR) is 75.8 cm³/mol. The molecule has 1 heterocycles. The Hall–Kier alpha value is -2.68. The molecule has 2 aromatic rings. The molecule has 102 valence electrons. The summed E-state index contributed by atoms with van der Waals surface area (Å²) in [6.45, 7) is 3.68. The molecule has 1 amide bonds. The Balaban J connectivity index is 2.52. The maximum Gasteiger partial charge on any atom is 0.219 e. The third kappa shape index (κ3) is 2.83. The van der Waals surface area contributed by atoms with Crippen LogP contribution in [-0.2, 0) is 4.79 Å². The number of benzene rings is 1. The highest BCUT2D eigenvalue weighted by molar-refractivity contribution is 5.93. The van der Waals surface area contributed by atoms with Gasteiger partial charge in [-0.15, -0.1) is 10.2 Å². The number of hydrogen-bond acceptors (Lipinski definition) is 5. The minimum Gasteiger partial charge on any atom is -0.377 e. The predicted octanol–water partition coefficient (Wildman–Crippen LogP) is 1.57. The number of aromatic nitrogens is 2. The van der Waals surface area contributed by atoms with Gasteiger partial charge in [-0.3, -0.25) is 4.79 Å². The van der Waals surface area contributed by atoms with Crippen LogP contribution in [0.2, 0.25) is 0 Å². The molecule has 0 bridgehead atoms. The summed E-state index contributed by atoms with van der Waals surface area (Å²) >= 11 is 0. The molecular formula is C14H15N5O. The topological polar surface area (TPSA) is 105 Å². The second-order valence-corrected chi connectivity index (χ2v) is 5.20. The molecule has 0 radical (unpaired) electrons. The van der Waals surface area contributed by atoms with Gasteiger partial charge in [0.25, 0.3) is 0 Å². The molecule has 2 rings (SSSR count). The Morgan fingerprint density at radius 2 is 2.10 bits per heavy atom. The first-order valence-electron chi connectivity index (χ1n) is 6.15. The number of anilines is 1. The lowest BCUT2D eigenvalue weighted by molar-refractivity contribution is -0.118. The summed E-state index contributed by atoms with van der Waals surface area (Å²) < 4.78 is 0. The van der Waals surface area contributed by atoms with Crippen LogP contribution in [0, 0.1) is 11.3 Å². The van der Waals surface area contributed by atoms with Crippen molar-refractivity contribution in [1.82, 2.24) is 10.2 Å². The smallest absolute Gasteiger partial charge is 0.219 e. The number of amides is 1. The summed E-state index contributed by atoms with van der Waals surface area (Å²) in [5.74, 6) is -0.410. The fourth-order valence-electron chi connectivity index (χ4n) is 2.08. The minimum absolute atomic E-state index is 0.147. The molecule has 6 heteroatoms. The lowest BCUT2D eigenvalue weighted by Crippen LogP contribution is -2.36. The Labute approximate surface area is 116 Å². The highest BCUT2D eigenvalue weighted by Crippen LogP contribution is 2.27. The van der Waals surface area contributed by atoms with Gasteiger partial charge in [0.15, 0.2) is 5.69 Å². The van der Waals surface area contributed by atoms with Crippen LogP contribution in [0.1, 0.15) is 26.0 Å². The van der Waals surface area contributed by atoms with Crippen LogP contribution in [-0.4, -0.2) is 21.6 Å². The Kier molecular flexibility index (Phi) is 3.53. The molecule has 0 aliphatic heterocycles. The van der Waals surface area contributed by atoms with Crippen molar-refractivity contribution >= 4 is 22.5 Å². The van der Waals surface area contributed by atoms with Gasteiger partial charge >= 0.3 is 0 Å². The summed E-state index contributed by atoms with van der Waals surface area (Å²) in [4.78, 5) is 11.1. The summed E-state index contributed by atoms with van der Waals surface area (Å²) in [6.07, 6.45) is 0.147. The van der Waals surface area contributed by atoms with E-state index in [4.69, 9.17) is 5.73 Å². The molecule has 1 aromatic carbocycles. The van der Waals surface area contributed by atoms with Gasteiger partial charge in [-0.05, 0) is 19.9 Å². The zero-order valence-corrected chi connectivity index (χ0v) is 11.3. The minimum atomic E-state index is -0.580. The van der Waals surface area contributed by atoms with Gasteiger partial charge in [-0.1, -0.05) is 18.2 Å². The number of rotatable bonds is 4. The monoisotopic (exact) mass is 269 g/mol. The van der Waals surface area contributed by atoms with Crippen molar-refractivity contribution in [3.63, 3.8) is 0 Å². The molecule has 0 aliphatic rings. The Morgan fingerprint density at radius 1 is 1.40 bits per heavy atom. The second-order valence-electron chi connectivity index (χ2n) is 5.20. The summed E-state index contributed by atoms with van der Waals surface area (Å²) in [7, 11) is 0. The van der Waals surface area contributed by atoms with Crippen LogP contribution in [0.4, 0.5) is 5.69 Å². The van der Waals surface area contributed by atoms with Crippen molar-refractivity contribution in [1.29, 1.82) is 5.26 Å². The average molecular weight is 269 g/mol. The van der Waals surface area contributed by atoms with Gasteiger partial charge in [0.2, 0.25) is 5.91 Å². The quantitative estimate of drug-likeness (QED) is 0.876. The van der Waals surface area contributed by atoms with Gasteiger partial charge in [0.1, 0.15) is 6.07 Å². The van der Waals surface area contributed by atoms with Gasteiger partial charge in [0, 0.05) is 17.3 Å². The zero-order valence-electron chi connectivity index (χ0n) is 11.3. The molecule has 0 aliphatic carbocycles. The molecule has 0 saturated heterocycles. The molecule has 6 nitrogen and oxygen atoms in total. The Morgan fingerprint density at radius 3 is 2.75 bits per heavy atom. The maximum absolute atomic E-state index is 11.1. The molecule has 0 fully saturated rings. The molecule has 20 heavy (non-hydrogen) atoms. The fourth-order valence-corrected chi connectivity index (χ4v) is 2.08. The molecule has 0 saturated carbocycles. The lowest BCUT2D eigenvalue weighted by atomic mass is 9.99. The van der Waals surface area contributed by atoms with E-state index in [9.17, 15) is 10.1 Å². The molecular weight excluding hydrogens is 254 g/mol. The normalized spacial score (nSPS) is 11.1. The third-order valence-electron chi connectivity index (χ3n) is 2.85. The SMILES string of the molecule is CC(C)(CC(N)=O)Nc1c(C#N)nnc2ccccc12. The first-order valence-corrected chi connectivity index (χ1v) is 6.15. The van der Waals surface area contributed by atoms with Crippen LogP contribution < -0.4 is 11.1 Å². The average Bonchev–Trinajstić information content (AvgIpc) is 2.37. The number of nitrogens with two attached hydrogens (primary N) is 1. The van der Waals surface area contributed by atoms with Crippen LogP contribution >= 0.6 is 0 Å². The molecule has 3 N–H and O–H groups in total. The summed E-state index contributed by atoms with van der Waals surface area (Å²) in [5, 5.41) is 21.0. The lowest BCUT2D eigenvalue weighted by Gasteiger charge is -2.27. The van der Waals surface area contributed by atoms with E-state index in [1.807, 2.05) is 44.2 Å². The van der Waals surface area contributed by atoms with Crippen molar-refractivity contribution in [2.75, 3.05) is 5.32 Å². The summed E-state index contributed by atoms with van der Waals surface area (Å²) in [6, 6.07) is 9.39. The molecule has 0 spiro atoms. The van der Waals surface area contributed by atoms with Gasteiger partial charge in [0.05, 0.1) is 11.2 Å². The van der Waals surface area contributed by atoms with Gasteiger partial charge in [-0.25, -0.2) is 0 Å². The fraction of sp³-hybridized carbons (Fsp3) is 0.286. The first-order chi connectivity index (χ1) is 9.43. The van der Waals surface area contributed by atoms with Crippen molar-refractivity contribution in [3.05, 3.63) is 30.0 Å². The molecule has 0 unspecified atom stereocenters. The highest BCUT2D eigenvalue weighted by atomic mass is 16.1. The number of nitriles is 1. The van der Waals surface area contributed by atoms with Crippen molar-refractivity contribution in [3.8, 4) is 6.07 Å². The van der Waals surface area contributed by atoms with Crippen LogP contribution in [0.5, 0.6) is 0 Å². The number of nitrogens with zero attached hydrogens (tertiary/aromatic N) is 3. The van der Waals surface area contributed by atoms with Crippen LogP contribution in [0.25, 0.3) is 10.9 Å². The van der Waals surface area contributed by atoms with E-state index in [1.54, 1.807) is 0 Å². The molecule has 1 aromatic heterocycles. The number of carbonyl (C=O) groups excluding carboxylic acids is 1.